The minimum Gasteiger partial charge on any atom is -0.356 e. The van der Waals surface area contributed by atoms with Gasteiger partial charge in [-0.15, -0.1) is 11.3 Å². The Balaban J connectivity index is 1.00. The Bertz CT molecular complexity index is 2480. The van der Waals surface area contributed by atoms with E-state index in [-0.39, 0.29) is 0 Å². The Morgan fingerprint density at radius 3 is 1.84 bits per heavy atom. The van der Waals surface area contributed by atoms with E-state index in [0.29, 0.717) is 0 Å². The molecule has 2 nitrogen and oxygen atoms in total. The van der Waals surface area contributed by atoms with Crippen LogP contribution in [0.1, 0.15) is 0 Å². The second-order valence-electron chi connectivity index (χ2n) is 11.5. The molecular weight excluding hydrogens is 565 g/mol. The highest BCUT2D eigenvalue weighted by atomic mass is 32.1. The van der Waals surface area contributed by atoms with Gasteiger partial charge in [-0.25, -0.2) is 0 Å². The zero-order chi connectivity index (χ0) is 29.7. The summed E-state index contributed by atoms with van der Waals surface area (Å²) in [5.41, 5.74) is 10.7. The second kappa shape index (κ2) is 10.5. The van der Waals surface area contributed by atoms with Crippen LogP contribution in [-0.2, 0) is 0 Å². The van der Waals surface area contributed by atoms with Crippen LogP contribution < -0.4 is 5.32 Å². The molecule has 2 aromatic heterocycles. The van der Waals surface area contributed by atoms with E-state index in [1.165, 1.54) is 69.9 Å². The smallest absolute Gasteiger partial charge is 0.0547 e. The molecule has 3 heteroatoms. The lowest BCUT2D eigenvalue weighted by Crippen LogP contribution is -1.93. The third kappa shape index (κ3) is 4.40. The number of thiophene rings is 1. The summed E-state index contributed by atoms with van der Waals surface area (Å²) < 4.78 is 5.05. The number of anilines is 2. The van der Waals surface area contributed by atoms with Crippen molar-refractivity contribution in [1.82, 2.24) is 4.57 Å². The van der Waals surface area contributed by atoms with Crippen molar-refractivity contribution in [2.75, 3.05) is 5.32 Å². The molecule has 0 saturated carbocycles. The molecule has 0 aliphatic heterocycles. The van der Waals surface area contributed by atoms with Crippen LogP contribution in [0.25, 0.3) is 69.9 Å². The van der Waals surface area contributed by atoms with Crippen LogP contribution in [-0.4, -0.2) is 4.57 Å². The molecule has 0 bridgehead atoms. The van der Waals surface area contributed by atoms with Gasteiger partial charge in [-0.05, 0) is 76.9 Å². The molecule has 7 aromatic carbocycles. The highest BCUT2D eigenvalue weighted by Crippen LogP contribution is 2.40. The number of nitrogens with one attached hydrogen (secondary N) is 1. The first-order chi connectivity index (χ1) is 22.3. The van der Waals surface area contributed by atoms with Gasteiger partial charge in [0.05, 0.1) is 11.0 Å². The quantitative estimate of drug-likeness (QED) is 0.210. The van der Waals surface area contributed by atoms with Crippen molar-refractivity contribution in [3.63, 3.8) is 0 Å². The van der Waals surface area contributed by atoms with E-state index in [1.54, 1.807) is 0 Å². The second-order valence-corrected chi connectivity index (χ2v) is 12.5. The number of aromatic nitrogens is 1. The van der Waals surface area contributed by atoms with Crippen LogP contribution in [0.5, 0.6) is 0 Å². The van der Waals surface area contributed by atoms with Gasteiger partial charge in [-0.1, -0.05) is 109 Å². The maximum Gasteiger partial charge on any atom is 0.0547 e. The molecule has 212 valence electrons. The van der Waals surface area contributed by atoms with Crippen molar-refractivity contribution in [1.29, 1.82) is 0 Å². The summed E-state index contributed by atoms with van der Waals surface area (Å²) in [6.07, 6.45) is 0. The van der Waals surface area contributed by atoms with Crippen molar-refractivity contribution in [3.05, 3.63) is 164 Å². The van der Waals surface area contributed by atoms with Gasteiger partial charge < -0.3 is 9.88 Å². The predicted molar refractivity (Wildman–Crippen MR) is 194 cm³/mol. The van der Waals surface area contributed by atoms with Crippen molar-refractivity contribution in [3.8, 4) is 27.9 Å². The number of rotatable bonds is 5. The summed E-state index contributed by atoms with van der Waals surface area (Å²) in [5.74, 6) is 0. The molecule has 0 fully saturated rings. The first-order valence-electron chi connectivity index (χ1n) is 15.3. The molecule has 9 rings (SSSR count). The summed E-state index contributed by atoms with van der Waals surface area (Å²) in [4.78, 5) is 0. The van der Waals surface area contributed by atoms with Gasteiger partial charge in [0.1, 0.15) is 0 Å². The van der Waals surface area contributed by atoms with Crippen LogP contribution in [0.4, 0.5) is 11.4 Å². The Kier molecular flexibility index (Phi) is 6.03. The Hall–Kier alpha value is -5.64. The van der Waals surface area contributed by atoms with Crippen LogP contribution in [0.3, 0.4) is 0 Å². The maximum atomic E-state index is 3.60. The molecule has 1 N–H and O–H groups in total. The van der Waals surface area contributed by atoms with E-state index in [0.717, 1.165) is 11.4 Å². The monoisotopic (exact) mass is 592 g/mol. The van der Waals surface area contributed by atoms with E-state index in [2.05, 4.69) is 174 Å². The molecule has 2 heterocycles. The van der Waals surface area contributed by atoms with Crippen LogP contribution >= 0.6 is 11.3 Å². The predicted octanol–water partition coefficient (Wildman–Crippen LogP) is 12.2. The van der Waals surface area contributed by atoms with Gasteiger partial charge >= 0.3 is 0 Å². The average molecular weight is 593 g/mol. The van der Waals surface area contributed by atoms with Gasteiger partial charge in [0.2, 0.25) is 0 Å². The summed E-state index contributed by atoms with van der Waals surface area (Å²) >= 11 is 1.87. The standard InChI is InChI=1S/C42H28N2S/c1-2-9-33(10-3-1)44-39-15-6-4-11-35(39)36-26-21-30(27-40(36)44)28-17-22-31(23-18-28)43-32-24-19-29(20-25-32)34-13-8-14-38-37-12-5-7-16-41(37)45-42(34)38/h1-27,43H. The Morgan fingerprint density at radius 2 is 1.04 bits per heavy atom. The number of nitrogens with zero attached hydrogens (tertiary/aromatic N) is 1. The van der Waals surface area contributed by atoms with Crippen LogP contribution in [0.2, 0.25) is 0 Å². The van der Waals surface area contributed by atoms with E-state index in [1.807, 2.05) is 11.3 Å². The Morgan fingerprint density at radius 1 is 0.422 bits per heavy atom. The van der Waals surface area contributed by atoms with Gasteiger partial charge in [-0.3, -0.25) is 0 Å². The first kappa shape index (κ1) is 25.8. The number of hydrogen-bond acceptors (Lipinski definition) is 2. The van der Waals surface area contributed by atoms with Crippen LogP contribution in [0, 0.1) is 0 Å². The molecule has 0 amide bonds. The SMILES string of the molecule is c1ccc(-n2c3ccccc3c3ccc(-c4ccc(Nc5ccc(-c6cccc7c6sc6ccccc67)cc5)cc4)cc32)cc1. The molecule has 9 aromatic rings. The topological polar surface area (TPSA) is 17.0 Å². The Labute approximate surface area is 265 Å². The molecule has 0 aliphatic rings. The fraction of sp³-hybridized carbons (Fsp3) is 0. The van der Waals surface area contributed by atoms with Crippen molar-refractivity contribution < 1.29 is 0 Å². The molecule has 0 unspecified atom stereocenters. The van der Waals surface area contributed by atoms with E-state index < -0.39 is 0 Å². The van der Waals surface area contributed by atoms with E-state index >= 15 is 0 Å². The lowest BCUT2D eigenvalue weighted by atomic mass is 10.0. The minimum atomic E-state index is 1.07. The first-order valence-corrected chi connectivity index (χ1v) is 16.1. The zero-order valence-corrected chi connectivity index (χ0v) is 25.3. The normalized spacial score (nSPS) is 11.6. The van der Waals surface area contributed by atoms with Crippen molar-refractivity contribution >= 4 is 64.7 Å². The number of fused-ring (bicyclic) bond motifs is 6. The fourth-order valence-electron chi connectivity index (χ4n) is 6.63. The minimum absolute atomic E-state index is 1.07. The summed E-state index contributed by atoms with van der Waals surface area (Å²) in [6, 6.07) is 58.9. The third-order valence-corrected chi connectivity index (χ3v) is 10.0. The molecule has 0 atom stereocenters. The summed E-state index contributed by atoms with van der Waals surface area (Å²) in [6.45, 7) is 0. The van der Waals surface area contributed by atoms with Gasteiger partial charge in [0.15, 0.2) is 0 Å². The number of benzene rings is 7. The summed E-state index contributed by atoms with van der Waals surface area (Å²) in [5, 5.41) is 8.80. The molecule has 45 heavy (non-hydrogen) atoms. The third-order valence-electron chi connectivity index (χ3n) is 8.80. The zero-order valence-electron chi connectivity index (χ0n) is 24.4. The van der Waals surface area contributed by atoms with Crippen molar-refractivity contribution in [2.45, 2.75) is 0 Å². The number of para-hydroxylation sites is 2. The lowest BCUT2D eigenvalue weighted by molar-refractivity contribution is 1.18. The number of hydrogen-bond donors (Lipinski definition) is 1. The van der Waals surface area contributed by atoms with Crippen LogP contribution in [0.15, 0.2) is 164 Å². The highest BCUT2D eigenvalue weighted by molar-refractivity contribution is 7.26. The molecule has 0 radical (unpaired) electrons. The van der Waals surface area contributed by atoms with E-state index in [9.17, 15) is 0 Å². The average Bonchev–Trinajstić information content (AvgIpc) is 3.65. The fourth-order valence-corrected chi connectivity index (χ4v) is 7.86. The van der Waals surface area contributed by atoms with Gasteiger partial charge in [-0.2, -0.15) is 0 Å². The van der Waals surface area contributed by atoms with E-state index in [4.69, 9.17) is 0 Å². The molecule has 0 spiro atoms. The van der Waals surface area contributed by atoms with Gasteiger partial charge in [0, 0.05) is 48.0 Å². The van der Waals surface area contributed by atoms with Gasteiger partial charge in [0.25, 0.3) is 0 Å². The largest absolute Gasteiger partial charge is 0.356 e. The molecule has 0 saturated heterocycles. The molecule has 0 aliphatic carbocycles. The summed E-state index contributed by atoms with van der Waals surface area (Å²) in [7, 11) is 0. The highest BCUT2D eigenvalue weighted by Gasteiger charge is 2.13. The van der Waals surface area contributed by atoms with Crippen molar-refractivity contribution in [2.24, 2.45) is 0 Å². The molecular formula is C42H28N2S. The lowest BCUT2D eigenvalue weighted by Gasteiger charge is -2.11. The maximum absolute atomic E-state index is 3.60.